The van der Waals surface area contributed by atoms with Crippen LogP contribution in [0.25, 0.3) is 10.9 Å². The van der Waals surface area contributed by atoms with Crippen LogP contribution in [0.3, 0.4) is 0 Å². The van der Waals surface area contributed by atoms with Crippen molar-refractivity contribution in [3.05, 3.63) is 71.9 Å². The van der Waals surface area contributed by atoms with Gasteiger partial charge in [0, 0.05) is 35.1 Å². The number of carbonyl (C=O) groups excluding carboxylic acids is 3. The molecular formula is C20H20N4O3. The van der Waals surface area contributed by atoms with Crippen LogP contribution in [0.5, 0.6) is 0 Å². The van der Waals surface area contributed by atoms with Gasteiger partial charge >= 0.3 is 0 Å². The summed E-state index contributed by atoms with van der Waals surface area (Å²) >= 11 is 0. The summed E-state index contributed by atoms with van der Waals surface area (Å²) in [6.07, 6.45) is 1.63. The number of H-pyrrole nitrogens is 1. The minimum Gasteiger partial charge on any atom is -0.360 e. The zero-order valence-electron chi connectivity index (χ0n) is 14.8. The Morgan fingerprint density at radius 1 is 0.926 bits per heavy atom. The van der Waals surface area contributed by atoms with Crippen molar-refractivity contribution in [1.82, 2.24) is 21.2 Å². The van der Waals surface area contributed by atoms with Gasteiger partial charge in [-0.1, -0.05) is 36.4 Å². The largest absolute Gasteiger partial charge is 0.360 e. The first kappa shape index (κ1) is 18.2. The summed E-state index contributed by atoms with van der Waals surface area (Å²) in [4.78, 5) is 39.4. The molecule has 1 unspecified atom stereocenters. The van der Waals surface area contributed by atoms with Gasteiger partial charge in [0.1, 0.15) is 0 Å². The van der Waals surface area contributed by atoms with E-state index in [0.29, 0.717) is 11.1 Å². The van der Waals surface area contributed by atoms with Crippen LogP contribution in [0.4, 0.5) is 0 Å². The van der Waals surface area contributed by atoms with Gasteiger partial charge in [-0.05, 0) is 25.1 Å². The normalized spacial score (nSPS) is 11.6. The third kappa shape index (κ3) is 4.52. The van der Waals surface area contributed by atoms with Crippen LogP contribution in [0.2, 0.25) is 0 Å². The van der Waals surface area contributed by atoms with Crippen molar-refractivity contribution in [2.75, 3.05) is 0 Å². The van der Waals surface area contributed by atoms with Gasteiger partial charge in [0.2, 0.25) is 5.91 Å². The first-order valence-corrected chi connectivity index (χ1v) is 8.56. The van der Waals surface area contributed by atoms with E-state index in [1.807, 2.05) is 30.3 Å². The molecule has 1 atom stereocenters. The van der Waals surface area contributed by atoms with Crippen LogP contribution in [0.1, 0.15) is 34.1 Å². The number of amides is 3. The summed E-state index contributed by atoms with van der Waals surface area (Å²) in [5, 5.41) is 3.52. The SMILES string of the molecule is CC(CC(=O)NNC(=O)c1c[nH]c2ccccc12)NC(=O)c1ccccc1. The summed E-state index contributed by atoms with van der Waals surface area (Å²) in [6.45, 7) is 1.72. The fourth-order valence-corrected chi connectivity index (χ4v) is 2.73. The number of hydrogen-bond donors (Lipinski definition) is 4. The molecule has 0 saturated carbocycles. The molecule has 0 saturated heterocycles. The van der Waals surface area contributed by atoms with E-state index in [9.17, 15) is 14.4 Å². The molecule has 0 aliphatic rings. The van der Waals surface area contributed by atoms with Gasteiger partial charge in [0.25, 0.3) is 11.8 Å². The molecule has 2 aromatic carbocycles. The highest BCUT2D eigenvalue weighted by Gasteiger charge is 2.15. The first-order chi connectivity index (χ1) is 13.0. The average Bonchev–Trinajstić information content (AvgIpc) is 3.11. The van der Waals surface area contributed by atoms with Gasteiger partial charge in [-0.2, -0.15) is 0 Å². The smallest absolute Gasteiger partial charge is 0.271 e. The number of para-hydroxylation sites is 1. The molecule has 0 bridgehead atoms. The molecule has 0 spiro atoms. The highest BCUT2D eigenvalue weighted by atomic mass is 16.2. The first-order valence-electron chi connectivity index (χ1n) is 8.56. The number of nitrogens with one attached hydrogen (secondary N) is 4. The zero-order valence-corrected chi connectivity index (χ0v) is 14.8. The summed E-state index contributed by atoms with van der Waals surface area (Å²) in [5.41, 5.74) is 6.58. The Morgan fingerprint density at radius 2 is 1.63 bits per heavy atom. The number of aromatic nitrogens is 1. The van der Waals surface area contributed by atoms with Gasteiger partial charge in [-0.15, -0.1) is 0 Å². The number of hydrogen-bond acceptors (Lipinski definition) is 3. The van der Waals surface area contributed by atoms with E-state index in [0.717, 1.165) is 10.9 Å². The minimum atomic E-state index is -0.415. The number of carbonyl (C=O) groups is 3. The molecule has 138 valence electrons. The van der Waals surface area contributed by atoms with Gasteiger partial charge in [0.05, 0.1) is 5.56 Å². The van der Waals surface area contributed by atoms with E-state index in [1.54, 1.807) is 37.4 Å². The molecule has 7 nitrogen and oxygen atoms in total. The second-order valence-electron chi connectivity index (χ2n) is 6.19. The second kappa shape index (κ2) is 8.18. The highest BCUT2D eigenvalue weighted by molar-refractivity contribution is 6.07. The van der Waals surface area contributed by atoms with Crippen molar-refractivity contribution in [3.8, 4) is 0 Å². The van der Waals surface area contributed by atoms with Crippen molar-refractivity contribution >= 4 is 28.6 Å². The Balaban J connectivity index is 1.49. The molecule has 3 aromatic rings. The summed E-state index contributed by atoms with van der Waals surface area (Å²) in [5.74, 6) is -1.07. The Morgan fingerprint density at radius 3 is 2.41 bits per heavy atom. The van der Waals surface area contributed by atoms with Crippen molar-refractivity contribution in [2.24, 2.45) is 0 Å². The van der Waals surface area contributed by atoms with Crippen LogP contribution in [0.15, 0.2) is 60.8 Å². The summed E-state index contributed by atoms with van der Waals surface area (Å²) in [6, 6.07) is 15.8. The van der Waals surface area contributed by atoms with Crippen LogP contribution >= 0.6 is 0 Å². The molecule has 0 radical (unpaired) electrons. The maximum atomic E-state index is 12.3. The number of fused-ring (bicyclic) bond motifs is 1. The van der Waals surface area contributed by atoms with Crippen molar-refractivity contribution in [1.29, 1.82) is 0 Å². The fraction of sp³-hybridized carbons (Fsp3) is 0.150. The Labute approximate surface area is 156 Å². The number of rotatable bonds is 5. The van der Waals surface area contributed by atoms with Crippen molar-refractivity contribution < 1.29 is 14.4 Å². The number of aromatic amines is 1. The van der Waals surface area contributed by atoms with E-state index >= 15 is 0 Å². The lowest BCUT2D eigenvalue weighted by molar-refractivity contribution is -0.122. The van der Waals surface area contributed by atoms with E-state index in [4.69, 9.17) is 0 Å². The standard InChI is InChI=1S/C20H20N4O3/c1-13(22-19(26)14-7-3-2-4-8-14)11-18(25)23-24-20(27)16-12-21-17-10-6-5-9-15(16)17/h2-10,12-13,21H,11H2,1H3,(H,22,26)(H,23,25)(H,24,27). The summed E-state index contributed by atoms with van der Waals surface area (Å²) in [7, 11) is 0. The predicted octanol–water partition coefficient (Wildman–Crippen LogP) is 2.14. The van der Waals surface area contributed by atoms with Crippen molar-refractivity contribution in [2.45, 2.75) is 19.4 Å². The zero-order chi connectivity index (χ0) is 19.2. The lowest BCUT2D eigenvalue weighted by Crippen LogP contribution is -2.44. The predicted molar refractivity (Wildman–Crippen MR) is 102 cm³/mol. The molecule has 7 heteroatoms. The molecule has 3 amide bonds. The van der Waals surface area contributed by atoms with Crippen LogP contribution < -0.4 is 16.2 Å². The Bertz CT molecular complexity index is 966. The van der Waals surface area contributed by atoms with Crippen molar-refractivity contribution in [3.63, 3.8) is 0 Å². The second-order valence-corrected chi connectivity index (χ2v) is 6.19. The molecule has 1 heterocycles. The average molecular weight is 364 g/mol. The topological polar surface area (TPSA) is 103 Å². The van der Waals surface area contributed by atoms with Crippen LogP contribution in [0, 0.1) is 0 Å². The molecule has 27 heavy (non-hydrogen) atoms. The quantitative estimate of drug-likeness (QED) is 0.522. The van der Waals surface area contributed by atoms with E-state index in [-0.39, 0.29) is 18.4 Å². The van der Waals surface area contributed by atoms with Gasteiger partial charge in [-0.3, -0.25) is 25.2 Å². The molecule has 0 fully saturated rings. The summed E-state index contributed by atoms with van der Waals surface area (Å²) < 4.78 is 0. The Kier molecular flexibility index (Phi) is 5.51. The monoisotopic (exact) mass is 364 g/mol. The van der Waals surface area contributed by atoms with Crippen LogP contribution in [-0.2, 0) is 4.79 Å². The molecule has 3 rings (SSSR count). The highest BCUT2D eigenvalue weighted by Crippen LogP contribution is 2.17. The molecule has 0 aliphatic carbocycles. The van der Waals surface area contributed by atoms with Gasteiger partial charge in [-0.25, -0.2) is 0 Å². The maximum Gasteiger partial charge on any atom is 0.271 e. The maximum absolute atomic E-state index is 12.3. The Hall–Kier alpha value is -3.61. The lowest BCUT2D eigenvalue weighted by Gasteiger charge is -2.14. The van der Waals surface area contributed by atoms with E-state index < -0.39 is 11.8 Å². The third-order valence-electron chi connectivity index (χ3n) is 4.05. The molecule has 4 N–H and O–H groups in total. The third-order valence-corrected chi connectivity index (χ3v) is 4.05. The van der Waals surface area contributed by atoms with E-state index in [2.05, 4.69) is 21.2 Å². The van der Waals surface area contributed by atoms with E-state index in [1.165, 1.54) is 0 Å². The minimum absolute atomic E-state index is 0.0345. The molecule has 1 aromatic heterocycles. The van der Waals surface area contributed by atoms with Gasteiger partial charge < -0.3 is 10.3 Å². The fourth-order valence-electron chi connectivity index (χ4n) is 2.73. The van der Waals surface area contributed by atoms with Gasteiger partial charge in [0.15, 0.2) is 0 Å². The number of benzene rings is 2. The lowest BCUT2D eigenvalue weighted by atomic mass is 10.1. The molecule has 0 aliphatic heterocycles. The van der Waals surface area contributed by atoms with Crippen LogP contribution in [-0.4, -0.2) is 28.7 Å². The number of hydrazine groups is 1. The molecular weight excluding hydrogens is 344 g/mol.